The smallest absolute Gasteiger partial charge is 0.326 e. The molecule has 0 bridgehead atoms. The SMILES string of the molecule is CC1(C)OCC(CNC(=O)n2ccnc2)O1. The lowest BCUT2D eigenvalue weighted by atomic mass is 10.4. The normalized spacial score (nSPS) is 23.2. The van der Waals surface area contributed by atoms with Crippen LogP contribution in [0.1, 0.15) is 13.8 Å². The lowest BCUT2D eigenvalue weighted by Crippen LogP contribution is -2.36. The second-order valence-electron chi connectivity index (χ2n) is 4.11. The van der Waals surface area contributed by atoms with E-state index in [0.717, 1.165) is 0 Å². The number of amides is 1. The zero-order chi connectivity index (χ0) is 11.6. The van der Waals surface area contributed by atoms with E-state index in [9.17, 15) is 4.79 Å². The fraction of sp³-hybridized carbons (Fsp3) is 0.600. The predicted octanol–water partition coefficient (Wildman–Crippen LogP) is 0.592. The first-order valence-corrected chi connectivity index (χ1v) is 5.15. The van der Waals surface area contributed by atoms with Gasteiger partial charge in [-0.2, -0.15) is 0 Å². The van der Waals surface area contributed by atoms with Crippen molar-refractivity contribution in [3.63, 3.8) is 0 Å². The molecule has 0 radical (unpaired) electrons. The van der Waals surface area contributed by atoms with Crippen molar-refractivity contribution in [2.75, 3.05) is 13.2 Å². The van der Waals surface area contributed by atoms with Crippen LogP contribution in [0.2, 0.25) is 0 Å². The van der Waals surface area contributed by atoms with Crippen molar-refractivity contribution >= 4 is 6.03 Å². The summed E-state index contributed by atoms with van der Waals surface area (Å²) in [4.78, 5) is 15.3. The maximum atomic E-state index is 11.5. The summed E-state index contributed by atoms with van der Waals surface area (Å²) in [6.45, 7) is 4.63. The molecule has 1 unspecified atom stereocenters. The maximum absolute atomic E-state index is 11.5. The summed E-state index contributed by atoms with van der Waals surface area (Å²) in [5, 5.41) is 2.74. The van der Waals surface area contributed by atoms with Gasteiger partial charge in [0, 0.05) is 18.9 Å². The number of rotatable bonds is 2. The largest absolute Gasteiger partial charge is 0.348 e. The van der Waals surface area contributed by atoms with Crippen LogP contribution in [0.15, 0.2) is 18.7 Å². The summed E-state index contributed by atoms with van der Waals surface area (Å²) in [5.74, 6) is -0.551. The molecule has 1 aliphatic rings. The fourth-order valence-electron chi connectivity index (χ4n) is 1.54. The Bertz CT molecular complexity index is 361. The molecule has 1 amide bonds. The number of aromatic nitrogens is 2. The number of nitrogens with one attached hydrogen (secondary N) is 1. The van der Waals surface area contributed by atoms with Gasteiger partial charge in [0.2, 0.25) is 0 Å². The van der Waals surface area contributed by atoms with Gasteiger partial charge in [0.25, 0.3) is 0 Å². The summed E-state index contributed by atoms with van der Waals surface area (Å²) in [6.07, 6.45) is 4.50. The number of ether oxygens (including phenoxy) is 2. The molecular weight excluding hydrogens is 210 g/mol. The number of hydrogen-bond donors (Lipinski definition) is 1. The Labute approximate surface area is 93.6 Å². The van der Waals surface area contributed by atoms with Gasteiger partial charge >= 0.3 is 6.03 Å². The van der Waals surface area contributed by atoms with Crippen LogP contribution in [-0.4, -0.2) is 40.6 Å². The average molecular weight is 225 g/mol. The molecule has 1 aromatic rings. The third-order valence-corrected chi connectivity index (χ3v) is 2.29. The molecule has 1 saturated heterocycles. The van der Waals surface area contributed by atoms with Crippen molar-refractivity contribution in [2.45, 2.75) is 25.7 Å². The minimum atomic E-state index is -0.551. The summed E-state index contributed by atoms with van der Waals surface area (Å²) in [7, 11) is 0. The summed E-state index contributed by atoms with van der Waals surface area (Å²) in [6, 6.07) is -0.217. The molecule has 1 aromatic heterocycles. The van der Waals surface area contributed by atoms with E-state index in [0.29, 0.717) is 13.2 Å². The molecular formula is C10H15N3O3. The van der Waals surface area contributed by atoms with E-state index >= 15 is 0 Å². The lowest BCUT2D eigenvalue weighted by molar-refractivity contribution is -0.137. The van der Waals surface area contributed by atoms with Gasteiger partial charge in [-0.1, -0.05) is 0 Å². The summed E-state index contributed by atoms with van der Waals surface area (Å²) < 4.78 is 12.3. The summed E-state index contributed by atoms with van der Waals surface area (Å²) >= 11 is 0. The highest BCUT2D eigenvalue weighted by atomic mass is 16.7. The second kappa shape index (κ2) is 4.23. The zero-order valence-electron chi connectivity index (χ0n) is 9.34. The molecule has 0 saturated carbocycles. The van der Waals surface area contributed by atoms with Gasteiger partial charge in [0.05, 0.1) is 6.61 Å². The first-order valence-electron chi connectivity index (χ1n) is 5.15. The van der Waals surface area contributed by atoms with E-state index in [1.807, 2.05) is 13.8 Å². The Kier molecular flexibility index (Phi) is 2.93. The Hall–Kier alpha value is -1.40. The van der Waals surface area contributed by atoms with E-state index in [4.69, 9.17) is 9.47 Å². The van der Waals surface area contributed by atoms with E-state index < -0.39 is 5.79 Å². The monoisotopic (exact) mass is 225 g/mol. The van der Waals surface area contributed by atoms with Gasteiger partial charge in [-0.25, -0.2) is 9.78 Å². The second-order valence-corrected chi connectivity index (χ2v) is 4.11. The van der Waals surface area contributed by atoms with E-state index in [-0.39, 0.29) is 12.1 Å². The molecule has 16 heavy (non-hydrogen) atoms. The first-order chi connectivity index (χ1) is 7.57. The van der Waals surface area contributed by atoms with Crippen LogP contribution in [0.25, 0.3) is 0 Å². The molecule has 6 heteroatoms. The van der Waals surface area contributed by atoms with Crippen molar-refractivity contribution in [1.29, 1.82) is 0 Å². The van der Waals surface area contributed by atoms with Crippen LogP contribution in [0.5, 0.6) is 0 Å². The highest BCUT2D eigenvalue weighted by molar-refractivity contribution is 5.76. The predicted molar refractivity (Wildman–Crippen MR) is 55.9 cm³/mol. The van der Waals surface area contributed by atoms with Gasteiger partial charge in [0.1, 0.15) is 12.4 Å². The fourth-order valence-corrected chi connectivity index (χ4v) is 1.54. The maximum Gasteiger partial charge on any atom is 0.326 e. The Morgan fingerprint density at radius 1 is 1.69 bits per heavy atom. The Morgan fingerprint density at radius 3 is 3.06 bits per heavy atom. The third-order valence-electron chi connectivity index (χ3n) is 2.29. The van der Waals surface area contributed by atoms with Crippen LogP contribution < -0.4 is 5.32 Å². The topological polar surface area (TPSA) is 65.4 Å². The molecule has 0 aromatic carbocycles. The number of carbonyl (C=O) groups excluding carboxylic acids is 1. The van der Waals surface area contributed by atoms with Crippen molar-refractivity contribution in [3.05, 3.63) is 18.7 Å². The minimum absolute atomic E-state index is 0.0949. The van der Waals surface area contributed by atoms with Crippen molar-refractivity contribution in [1.82, 2.24) is 14.9 Å². The molecule has 6 nitrogen and oxygen atoms in total. The molecule has 2 heterocycles. The van der Waals surface area contributed by atoms with Crippen LogP contribution in [0.4, 0.5) is 4.79 Å². The first kappa shape index (κ1) is 11.1. The highest BCUT2D eigenvalue weighted by Gasteiger charge is 2.32. The lowest BCUT2D eigenvalue weighted by Gasteiger charge is -2.17. The Morgan fingerprint density at radius 2 is 2.50 bits per heavy atom. The Balaban J connectivity index is 1.79. The van der Waals surface area contributed by atoms with Crippen LogP contribution >= 0.6 is 0 Å². The van der Waals surface area contributed by atoms with E-state index in [2.05, 4.69) is 10.3 Å². The molecule has 1 fully saturated rings. The number of hydrogen-bond acceptors (Lipinski definition) is 4. The zero-order valence-corrected chi connectivity index (χ0v) is 9.34. The third kappa shape index (κ3) is 2.59. The average Bonchev–Trinajstić information content (AvgIpc) is 2.83. The van der Waals surface area contributed by atoms with Crippen LogP contribution in [0.3, 0.4) is 0 Å². The van der Waals surface area contributed by atoms with Crippen LogP contribution in [0, 0.1) is 0 Å². The number of carbonyl (C=O) groups is 1. The molecule has 1 atom stereocenters. The molecule has 88 valence electrons. The molecule has 1 aliphatic heterocycles. The minimum Gasteiger partial charge on any atom is -0.348 e. The van der Waals surface area contributed by atoms with Gasteiger partial charge < -0.3 is 14.8 Å². The quantitative estimate of drug-likeness (QED) is 0.800. The van der Waals surface area contributed by atoms with Gasteiger partial charge in [-0.05, 0) is 13.8 Å². The highest BCUT2D eigenvalue weighted by Crippen LogP contribution is 2.21. The van der Waals surface area contributed by atoms with Crippen LogP contribution in [-0.2, 0) is 9.47 Å². The van der Waals surface area contributed by atoms with Gasteiger partial charge in [-0.15, -0.1) is 0 Å². The molecule has 0 aliphatic carbocycles. The van der Waals surface area contributed by atoms with Gasteiger partial charge in [0.15, 0.2) is 5.79 Å². The molecule has 1 N–H and O–H groups in total. The van der Waals surface area contributed by atoms with Gasteiger partial charge in [-0.3, -0.25) is 4.57 Å². The van der Waals surface area contributed by atoms with Crippen molar-refractivity contribution in [3.8, 4) is 0 Å². The standard InChI is InChI=1S/C10H15N3O3/c1-10(2)15-6-8(16-10)5-12-9(14)13-4-3-11-7-13/h3-4,7-8H,5-6H2,1-2H3,(H,12,14). The molecule has 2 rings (SSSR count). The summed E-state index contributed by atoms with van der Waals surface area (Å²) in [5.41, 5.74) is 0. The molecule has 0 spiro atoms. The van der Waals surface area contributed by atoms with Crippen molar-refractivity contribution < 1.29 is 14.3 Å². The number of imidazole rings is 1. The van der Waals surface area contributed by atoms with Crippen molar-refractivity contribution in [2.24, 2.45) is 0 Å². The number of nitrogens with zero attached hydrogens (tertiary/aromatic N) is 2. The van der Waals surface area contributed by atoms with E-state index in [1.54, 1.807) is 12.4 Å². The van der Waals surface area contributed by atoms with E-state index in [1.165, 1.54) is 10.9 Å².